The molecule has 152 valence electrons. The van der Waals surface area contributed by atoms with Gasteiger partial charge in [-0.2, -0.15) is 5.10 Å². The smallest absolute Gasteiger partial charge is 0.335 e. The molecule has 3 aromatic rings. The van der Waals surface area contributed by atoms with Gasteiger partial charge in [-0.3, -0.25) is 14.4 Å². The third-order valence-corrected chi connectivity index (χ3v) is 6.29. The number of aromatic carboxylic acids is 1. The molecule has 2 aliphatic rings. The fourth-order valence-electron chi connectivity index (χ4n) is 4.90. The van der Waals surface area contributed by atoms with Crippen LogP contribution in [0.25, 0.3) is 0 Å². The first-order chi connectivity index (χ1) is 14.4. The van der Waals surface area contributed by atoms with Crippen LogP contribution in [0, 0.1) is 6.92 Å². The number of fused-ring (bicyclic) bond motifs is 3. The summed E-state index contributed by atoms with van der Waals surface area (Å²) in [4.78, 5) is 27.1. The van der Waals surface area contributed by atoms with Crippen LogP contribution in [0.3, 0.4) is 0 Å². The van der Waals surface area contributed by atoms with Crippen molar-refractivity contribution >= 4 is 23.3 Å². The Hall–Kier alpha value is -3.41. The average Bonchev–Trinajstić information content (AvgIpc) is 3.38. The average molecular weight is 401 g/mol. The monoisotopic (exact) mass is 401 g/mol. The minimum absolute atomic E-state index is 0.0345. The molecular formula is C24H23N3O3. The second kappa shape index (κ2) is 6.55. The summed E-state index contributed by atoms with van der Waals surface area (Å²) < 4.78 is 1.87. The minimum atomic E-state index is -0.947. The van der Waals surface area contributed by atoms with E-state index >= 15 is 0 Å². The van der Waals surface area contributed by atoms with E-state index in [4.69, 9.17) is 0 Å². The van der Waals surface area contributed by atoms with Gasteiger partial charge in [-0.05, 0) is 66.6 Å². The van der Waals surface area contributed by atoms with E-state index in [9.17, 15) is 14.7 Å². The van der Waals surface area contributed by atoms with Gasteiger partial charge in [0.15, 0.2) is 0 Å². The molecule has 2 heterocycles. The van der Waals surface area contributed by atoms with Crippen LogP contribution >= 0.6 is 0 Å². The maximum atomic E-state index is 13.9. The van der Waals surface area contributed by atoms with E-state index in [1.807, 2.05) is 29.9 Å². The molecule has 1 N–H and O–H groups in total. The van der Waals surface area contributed by atoms with E-state index in [2.05, 4.69) is 24.2 Å². The van der Waals surface area contributed by atoms with Crippen molar-refractivity contribution in [1.82, 2.24) is 9.78 Å². The van der Waals surface area contributed by atoms with Gasteiger partial charge in [0.2, 0.25) is 5.91 Å². The number of rotatable bonds is 4. The Kier molecular flexibility index (Phi) is 4.07. The van der Waals surface area contributed by atoms with Gasteiger partial charge in [0, 0.05) is 12.7 Å². The number of carbonyl (C=O) groups is 2. The summed E-state index contributed by atoms with van der Waals surface area (Å²) in [6, 6.07) is 11.4. The summed E-state index contributed by atoms with van der Waals surface area (Å²) in [5, 5.41) is 13.8. The van der Waals surface area contributed by atoms with Gasteiger partial charge in [-0.25, -0.2) is 4.79 Å². The number of hydrogen-bond donors (Lipinski definition) is 1. The van der Waals surface area contributed by atoms with E-state index < -0.39 is 11.4 Å². The molecule has 0 radical (unpaired) electrons. The quantitative estimate of drug-likeness (QED) is 0.717. The summed E-state index contributed by atoms with van der Waals surface area (Å²) in [5.41, 5.74) is 5.33. The van der Waals surface area contributed by atoms with Crippen LogP contribution in [0.2, 0.25) is 0 Å². The van der Waals surface area contributed by atoms with Gasteiger partial charge in [0.25, 0.3) is 0 Å². The number of aryl methyl sites for hydroxylation is 2. The summed E-state index contributed by atoms with van der Waals surface area (Å²) in [5.74, 6) is -0.912. The molecule has 30 heavy (non-hydrogen) atoms. The normalized spacial score (nSPS) is 19.4. The Balaban J connectivity index is 1.62. The summed E-state index contributed by atoms with van der Waals surface area (Å²) in [6.07, 6.45) is 5.74. The highest BCUT2D eigenvalue weighted by atomic mass is 16.4. The molecule has 1 atom stereocenters. The van der Waals surface area contributed by atoms with Gasteiger partial charge in [-0.1, -0.05) is 25.1 Å². The van der Waals surface area contributed by atoms with Crippen molar-refractivity contribution in [1.29, 1.82) is 0 Å². The maximum absolute atomic E-state index is 13.9. The van der Waals surface area contributed by atoms with E-state index in [1.54, 1.807) is 23.2 Å². The fourth-order valence-corrected chi connectivity index (χ4v) is 4.90. The molecule has 0 bridgehead atoms. The zero-order valence-corrected chi connectivity index (χ0v) is 17.1. The number of nitrogens with zero attached hydrogens (tertiary/aromatic N) is 3. The number of aromatic nitrogens is 2. The number of benzene rings is 2. The zero-order valence-electron chi connectivity index (χ0n) is 17.1. The predicted octanol–water partition coefficient (Wildman–Crippen LogP) is 4.01. The third kappa shape index (κ3) is 2.60. The van der Waals surface area contributed by atoms with Crippen LogP contribution in [0.1, 0.15) is 46.0 Å². The van der Waals surface area contributed by atoms with Crippen LogP contribution in [0.5, 0.6) is 0 Å². The van der Waals surface area contributed by atoms with Crippen molar-refractivity contribution in [3.05, 3.63) is 76.6 Å². The van der Waals surface area contributed by atoms with E-state index in [-0.39, 0.29) is 11.5 Å². The molecule has 6 heteroatoms. The molecule has 1 aliphatic carbocycles. The summed E-state index contributed by atoms with van der Waals surface area (Å²) in [6.45, 7) is 4.92. The minimum Gasteiger partial charge on any atom is -0.478 e. The van der Waals surface area contributed by atoms with Crippen molar-refractivity contribution in [2.45, 2.75) is 45.1 Å². The topological polar surface area (TPSA) is 75.4 Å². The van der Waals surface area contributed by atoms with Crippen LogP contribution in [-0.4, -0.2) is 26.8 Å². The van der Waals surface area contributed by atoms with Crippen LogP contribution in [0.4, 0.5) is 11.4 Å². The molecule has 1 aliphatic heterocycles. The van der Waals surface area contributed by atoms with Gasteiger partial charge >= 0.3 is 5.97 Å². The molecule has 6 nitrogen and oxygen atoms in total. The lowest BCUT2D eigenvalue weighted by atomic mass is 9.78. The maximum Gasteiger partial charge on any atom is 0.335 e. The van der Waals surface area contributed by atoms with Crippen LogP contribution < -0.4 is 4.90 Å². The SMILES string of the molecule is CCCn1cc(N2C(=O)C3(Cc4ccc(C(=O)O)cc4C3)c3ccc(C)cc32)cn1. The van der Waals surface area contributed by atoms with Crippen molar-refractivity contribution in [3.8, 4) is 0 Å². The van der Waals surface area contributed by atoms with Crippen molar-refractivity contribution in [3.63, 3.8) is 0 Å². The largest absolute Gasteiger partial charge is 0.478 e. The van der Waals surface area contributed by atoms with Crippen molar-refractivity contribution < 1.29 is 14.7 Å². The van der Waals surface area contributed by atoms with Crippen LogP contribution in [-0.2, 0) is 29.6 Å². The van der Waals surface area contributed by atoms with Gasteiger partial charge in [0.1, 0.15) is 0 Å². The standard InChI is InChI=1S/C24H23N3O3/c1-3-8-26-14-19(13-25-26)27-21-9-15(2)4-7-20(21)24(23(27)30)11-17-6-5-16(22(28)29)10-18(17)12-24/h4-7,9-10,13-14H,3,8,11-12H2,1-2H3,(H,28,29). The number of carboxylic acid groups (broad SMARTS) is 1. The van der Waals surface area contributed by atoms with Crippen molar-refractivity contribution in [2.24, 2.45) is 0 Å². The lowest BCUT2D eigenvalue weighted by Crippen LogP contribution is -2.39. The lowest BCUT2D eigenvalue weighted by molar-refractivity contribution is -0.122. The highest BCUT2D eigenvalue weighted by molar-refractivity contribution is 6.13. The molecule has 0 fully saturated rings. The first-order valence-corrected chi connectivity index (χ1v) is 10.3. The number of hydrogen-bond acceptors (Lipinski definition) is 3. The summed E-state index contributed by atoms with van der Waals surface area (Å²) in [7, 11) is 0. The lowest BCUT2D eigenvalue weighted by Gasteiger charge is -2.23. The molecule has 2 aromatic carbocycles. The van der Waals surface area contributed by atoms with Crippen molar-refractivity contribution in [2.75, 3.05) is 4.90 Å². The first kappa shape index (κ1) is 18.6. The van der Waals surface area contributed by atoms with Crippen LogP contribution in [0.15, 0.2) is 48.8 Å². The summed E-state index contributed by atoms with van der Waals surface area (Å²) >= 11 is 0. The Morgan fingerprint density at radius 1 is 1.17 bits per heavy atom. The Labute approximate surface area is 174 Å². The molecule has 0 saturated heterocycles. The number of anilines is 2. The van der Waals surface area contributed by atoms with Gasteiger partial charge in [0.05, 0.1) is 28.6 Å². The Bertz CT molecular complexity index is 1200. The molecule has 1 unspecified atom stereocenters. The third-order valence-electron chi connectivity index (χ3n) is 6.29. The molecule has 0 saturated carbocycles. The van der Waals surface area contributed by atoms with Gasteiger partial charge in [-0.15, -0.1) is 0 Å². The van der Waals surface area contributed by atoms with Gasteiger partial charge < -0.3 is 5.11 Å². The Morgan fingerprint density at radius 2 is 1.97 bits per heavy atom. The van der Waals surface area contributed by atoms with E-state index in [1.165, 1.54) is 0 Å². The molecular weight excluding hydrogens is 378 g/mol. The predicted molar refractivity (Wildman–Crippen MR) is 113 cm³/mol. The Morgan fingerprint density at radius 3 is 2.73 bits per heavy atom. The van der Waals surface area contributed by atoms with E-state index in [0.29, 0.717) is 12.8 Å². The molecule has 1 spiro atoms. The number of amides is 1. The molecule has 1 aromatic heterocycles. The molecule has 1 amide bonds. The molecule has 5 rings (SSSR count). The fraction of sp³-hybridized carbons (Fsp3) is 0.292. The zero-order chi connectivity index (χ0) is 21.0. The van der Waals surface area contributed by atoms with E-state index in [0.717, 1.165) is 46.6 Å². The highest BCUT2D eigenvalue weighted by Gasteiger charge is 2.54. The number of carboxylic acids is 1. The second-order valence-electron chi connectivity index (χ2n) is 8.35. The second-order valence-corrected chi connectivity index (χ2v) is 8.35. The highest BCUT2D eigenvalue weighted by Crippen LogP contribution is 2.52. The number of carbonyl (C=O) groups excluding carboxylic acids is 1. The first-order valence-electron chi connectivity index (χ1n) is 10.3.